The number of hydrogen-bond donors (Lipinski definition) is 2. The number of carbonyl (C=O) groups is 1. The van der Waals surface area contributed by atoms with Crippen LogP contribution < -0.4 is 15.6 Å². The molecule has 0 bridgehead atoms. The van der Waals surface area contributed by atoms with Crippen LogP contribution in [0.4, 0.5) is 10.5 Å². The van der Waals surface area contributed by atoms with Gasteiger partial charge in [0.25, 0.3) is 0 Å². The van der Waals surface area contributed by atoms with Crippen molar-refractivity contribution in [3.8, 4) is 0 Å². The number of amides is 2. The summed E-state index contributed by atoms with van der Waals surface area (Å²) in [4.78, 5) is 12.8. The number of benzene rings is 1. The molecule has 1 atom stereocenters. The Hall–Kier alpha value is -1.44. The number of nitrogens with two attached hydrogens (primary N) is 1. The van der Waals surface area contributed by atoms with E-state index in [4.69, 9.17) is 5.73 Å². The van der Waals surface area contributed by atoms with Crippen molar-refractivity contribution in [2.75, 3.05) is 5.01 Å². The summed E-state index contributed by atoms with van der Waals surface area (Å²) in [5, 5.41) is 0.739. The first-order valence-corrected chi connectivity index (χ1v) is 5.10. The highest BCUT2D eigenvalue weighted by Crippen LogP contribution is 2.12. The van der Waals surface area contributed by atoms with Gasteiger partial charge in [0.2, 0.25) is 0 Å². The molecule has 1 unspecified atom stereocenters. The summed E-state index contributed by atoms with van der Waals surface area (Å²) >= 11 is -2.60. The zero-order chi connectivity index (χ0) is 11.4. The van der Waals surface area contributed by atoms with Gasteiger partial charge in [0.15, 0.2) is 0 Å². The van der Waals surface area contributed by atoms with Crippen LogP contribution in [0.1, 0.15) is 5.56 Å². The lowest BCUT2D eigenvalue weighted by atomic mass is 10.2. The van der Waals surface area contributed by atoms with E-state index in [0.29, 0.717) is 5.69 Å². The van der Waals surface area contributed by atoms with Crippen LogP contribution in [0.25, 0.3) is 0 Å². The topological polar surface area (TPSA) is 98.5 Å². The molecular formula is C8H10N3O3S-. The van der Waals surface area contributed by atoms with Gasteiger partial charge in [-0.05, 0) is 19.1 Å². The molecule has 0 aliphatic rings. The van der Waals surface area contributed by atoms with Crippen molar-refractivity contribution in [1.29, 1.82) is 0 Å². The molecule has 6 nitrogen and oxygen atoms in total. The Kier molecular flexibility index (Phi) is 3.78. The molecule has 0 saturated heterocycles. The van der Waals surface area contributed by atoms with Gasteiger partial charge in [-0.2, -0.15) is 4.83 Å². The molecule has 0 aliphatic carbocycles. The Labute approximate surface area is 89.5 Å². The van der Waals surface area contributed by atoms with Crippen LogP contribution in [0, 0.1) is 6.92 Å². The number of urea groups is 1. The fraction of sp³-hybridized carbons (Fsp3) is 0.125. The van der Waals surface area contributed by atoms with Crippen LogP contribution in [-0.4, -0.2) is 14.8 Å². The first kappa shape index (κ1) is 11.6. The maximum absolute atomic E-state index is 10.9. The zero-order valence-electron chi connectivity index (χ0n) is 7.97. The SMILES string of the molecule is Cc1ccc(N(NS(=O)[O-])C(N)=O)cc1. The van der Waals surface area contributed by atoms with E-state index < -0.39 is 17.3 Å². The van der Waals surface area contributed by atoms with Crippen molar-refractivity contribution in [3.63, 3.8) is 0 Å². The quantitative estimate of drug-likeness (QED) is 0.570. The van der Waals surface area contributed by atoms with Crippen LogP contribution in [0.5, 0.6) is 0 Å². The number of hydrogen-bond acceptors (Lipinski definition) is 3. The smallest absolute Gasteiger partial charge is 0.334 e. The number of anilines is 1. The lowest BCUT2D eigenvalue weighted by molar-refractivity contribution is 0.253. The third-order valence-electron chi connectivity index (χ3n) is 1.68. The van der Waals surface area contributed by atoms with E-state index in [1.807, 2.05) is 11.8 Å². The van der Waals surface area contributed by atoms with Crippen LogP contribution in [0.3, 0.4) is 0 Å². The number of rotatable bonds is 3. The van der Waals surface area contributed by atoms with E-state index in [9.17, 15) is 13.6 Å². The molecule has 2 amide bonds. The summed E-state index contributed by atoms with van der Waals surface area (Å²) in [6.45, 7) is 1.87. The third kappa shape index (κ3) is 3.31. The Morgan fingerprint density at radius 2 is 2.00 bits per heavy atom. The summed E-state index contributed by atoms with van der Waals surface area (Å²) < 4.78 is 20.8. The van der Waals surface area contributed by atoms with Crippen molar-refractivity contribution in [1.82, 2.24) is 4.83 Å². The van der Waals surface area contributed by atoms with Crippen LogP contribution >= 0.6 is 0 Å². The van der Waals surface area contributed by atoms with Gasteiger partial charge in [0.05, 0.1) is 5.69 Å². The predicted molar refractivity (Wildman–Crippen MR) is 55.3 cm³/mol. The Bertz CT molecular complexity index is 379. The molecule has 0 saturated carbocycles. The van der Waals surface area contributed by atoms with Crippen molar-refractivity contribution in [3.05, 3.63) is 29.8 Å². The maximum atomic E-state index is 10.9. The highest BCUT2D eigenvalue weighted by molar-refractivity contribution is 7.77. The van der Waals surface area contributed by atoms with E-state index in [1.54, 1.807) is 24.3 Å². The molecule has 15 heavy (non-hydrogen) atoms. The van der Waals surface area contributed by atoms with E-state index in [2.05, 4.69) is 0 Å². The molecule has 0 spiro atoms. The Morgan fingerprint density at radius 3 is 2.40 bits per heavy atom. The average Bonchev–Trinajstić information content (AvgIpc) is 2.15. The molecule has 0 aliphatic heterocycles. The van der Waals surface area contributed by atoms with Gasteiger partial charge in [-0.3, -0.25) is 4.21 Å². The maximum Gasteiger partial charge on any atom is 0.334 e. The first-order valence-electron chi connectivity index (χ1n) is 4.02. The molecule has 0 heterocycles. The molecule has 1 rings (SSSR count). The second kappa shape index (κ2) is 4.87. The number of nitrogens with zero attached hydrogens (tertiary/aromatic N) is 1. The summed E-state index contributed by atoms with van der Waals surface area (Å²) in [6.07, 6.45) is 0. The molecule has 0 radical (unpaired) electrons. The monoisotopic (exact) mass is 228 g/mol. The number of nitrogens with one attached hydrogen (secondary N) is 1. The minimum absolute atomic E-state index is 0.359. The van der Waals surface area contributed by atoms with Gasteiger partial charge in [0, 0.05) is 11.3 Å². The number of aryl methyl sites for hydroxylation is 1. The lowest BCUT2D eigenvalue weighted by Crippen LogP contribution is -2.47. The van der Waals surface area contributed by atoms with Crippen molar-refractivity contribution in [2.45, 2.75) is 6.92 Å². The van der Waals surface area contributed by atoms with E-state index in [1.165, 1.54) is 0 Å². The highest BCUT2D eigenvalue weighted by Gasteiger charge is 2.11. The van der Waals surface area contributed by atoms with Crippen LogP contribution in [0.15, 0.2) is 24.3 Å². The summed E-state index contributed by atoms with van der Waals surface area (Å²) in [6, 6.07) is 5.74. The molecule has 1 aromatic rings. The summed E-state index contributed by atoms with van der Waals surface area (Å²) in [7, 11) is 0. The first-order chi connectivity index (χ1) is 7.00. The highest BCUT2D eigenvalue weighted by atomic mass is 32.2. The normalized spacial score (nSPS) is 12.1. The van der Waals surface area contributed by atoms with Crippen LogP contribution in [0.2, 0.25) is 0 Å². The number of hydrazine groups is 1. The predicted octanol–water partition coefficient (Wildman–Crippen LogP) is 0.179. The summed E-state index contributed by atoms with van der Waals surface area (Å²) in [5.74, 6) is 0. The molecule has 7 heteroatoms. The van der Waals surface area contributed by atoms with Gasteiger partial charge < -0.3 is 10.3 Å². The molecule has 82 valence electrons. The second-order valence-corrected chi connectivity index (χ2v) is 3.49. The van der Waals surface area contributed by atoms with E-state index in [-0.39, 0.29) is 0 Å². The van der Waals surface area contributed by atoms with Crippen molar-refractivity contribution in [2.24, 2.45) is 5.73 Å². The average molecular weight is 228 g/mol. The lowest BCUT2D eigenvalue weighted by Gasteiger charge is -2.22. The minimum atomic E-state index is -2.60. The molecule has 0 aromatic heterocycles. The van der Waals surface area contributed by atoms with Crippen LogP contribution in [-0.2, 0) is 11.3 Å². The second-order valence-electron chi connectivity index (χ2n) is 2.84. The van der Waals surface area contributed by atoms with Gasteiger partial charge in [-0.1, -0.05) is 17.7 Å². The van der Waals surface area contributed by atoms with E-state index >= 15 is 0 Å². The standard InChI is InChI=1S/C8H11N3O3S/c1-6-2-4-7(5-3-6)11(8(9)12)10-15(13)14/h2-5,10H,1H3,(H2,9,12)(H,13,14)/p-1. The molecule has 0 fully saturated rings. The zero-order valence-corrected chi connectivity index (χ0v) is 8.78. The van der Waals surface area contributed by atoms with Crippen molar-refractivity contribution < 1.29 is 13.6 Å². The molecule has 1 aromatic carbocycles. The number of carbonyl (C=O) groups excluding carboxylic acids is 1. The van der Waals surface area contributed by atoms with Gasteiger partial charge >= 0.3 is 6.03 Å². The summed E-state index contributed by atoms with van der Waals surface area (Å²) in [5.41, 5.74) is 6.36. The largest absolute Gasteiger partial charge is 0.759 e. The van der Waals surface area contributed by atoms with Gasteiger partial charge in [-0.25, -0.2) is 9.80 Å². The van der Waals surface area contributed by atoms with E-state index in [0.717, 1.165) is 10.6 Å². The van der Waals surface area contributed by atoms with Gasteiger partial charge in [0.1, 0.15) is 0 Å². The Morgan fingerprint density at radius 1 is 1.47 bits per heavy atom. The van der Waals surface area contributed by atoms with Crippen molar-refractivity contribution >= 4 is 23.0 Å². The molecular weight excluding hydrogens is 218 g/mol. The number of primary amides is 1. The fourth-order valence-corrected chi connectivity index (χ4v) is 1.34. The Balaban J connectivity index is 2.94. The fourth-order valence-electron chi connectivity index (χ4n) is 0.993. The third-order valence-corrected chi connectivity index (χ3v) is 2.01. The van der Waals surface area contributed by atoms with Gasteiger partial charge in [-0.15, -0.1) is 0 Å². The molecule has 3 N–H and O–H groups in total. The minimum Gasteiger partial charge on any atom is -0.759 e.